The normalized spacial score (nSPS) is 19.6. The van der Waals surface area contributed by atoms with Gasteiger partial charge in [0, 0.05) is 26.8 Å². The van der Waals surface area contributed by atoms with E-state index in [1.54, 1.807) is 12.0 Å². The molecular weight excluding hydrogens is 208 g/mol. The third-order valence-electron chi connectivity index (χ3n) is 2.95. The molecular formula is C11H22N2O3. The standard InChI is InChI=1S/C11H22N2O3/c1-9(8-16-2)12-11(15)13-5-3-10(7-14)4-6-13/h9-10,14H,3-8H2,1-2H3,(H,12,15). The third-order valence-corrected chi connectivity index (χ3v) is 2.95. The minimum absolute atomic E-state index is 0.0269. The molecule has 2 amide bonds. The van der Waals surface area contributed by atoms with Gasteiger partial charge in [0.25, 0.3) is 0 Å². The summed E-state index contributed by atoms with van der Waals surface area (Å²) in [7, 11) is 1.62. The van der Waals surface area contributed by atoms with E-state index in [0.717, 1.165) is 25.9 Å². The summed E-state index contributed by atoms with van der Waals surface area (Å²) in [6, 6.07) is 0.00834. The highest BCUT2D eigenvalue weighted by Crippen LogP contribution is 2.16. The lowest BCUT2D eigenvalue weighted by molar-refractivity contribution is 0.129. The quantitative estimate of drug-likeness (QED) is 0.736. The van der Waals surface area contributed by atoms with Crippen molar-refractivity contribution in [1.82, 2.24) is 10.2 Å². The first-order valence-corrected chi connectivity index (χ1v) is 5.82. The van der Waals surface area contributed by atoms with Crippen molar-refractivity contribution in [2.45, 2.75) is 25.8 Å². The first kappa shape index (κ1) is 13.3. The van der Waals surface area contributed by atoms with Gasteiger partial charge >= 0.3 is 6.03 Å². The monoisotopic (exact) mass is 230 g/mol. The molecule has 0 spiro atoms. The topological polar surface area (TPSA) is 61.8 Å². The van der Waals surface area contributed by atoms with Gasteiger partial charge in [-0.1, -0.05) is 0 Å². The van der Waals surface area contributed by atoms with Gasteiger partial charge in [-0.3, -0.25) is 0 Å². The van der Waals surface area contributed by atoms with Gasteiger partial charge in [-0.15, -0.1) is 0 Å². The number of rotatable bonds is 4. The molecule has 5 heteroatoms. The van der Waals surface area contributed by atoms with E-state index in [-0.39, 0.29) is 18.7 Å². The van der Waals surface area contributed by atoms with Crippen LogP contribution in [0.2, 0.25) is 0 Å². The smallest absolute Gasteiger partial charge is 0.317 e. The summed E-state index contributed by atoms with van der Waals surface area (Å²) in [5.41, 5.74) is 0. The SMILES string of the molecule is COCC(C)NC(=O)N1CCC(CO)CC1. The molecule has 1 aliphatic heterocycles. The molecule has 94 valence electrons. The number of likely N-dealkylation sites (tertiary alicyclic amines) is 1. The van der Waals surface area contributed by atoms with Crippen molar-refractivity contribution in [2.75, 3.05) is 33.4 Å². The zero-order chi connectivity index (χ0) is 12.0. The van der Waals surface area contributed by atoms with E-state index in [2.05, 4.69) is 5.32 Å². The van der Waals surface area contributed by atoms with E-state index in [0.29, 0.717) is 12.5 Å². The number of methoxy groups -OCH3 is 1. The molecule has 0 radical (unpaired) electrons. The van der Waals surface area contributed by atoms with E-state index >= 15 is 0 Å². The predicted octanol–water partition coefficient (Wildman–Crippen LogP) is 0.435. The molecule has 1 aliphatic rings. The number of nitrogens with zero attached hydrogens (tertiary/aromatic N) is 1. The Hall–Kier alpha value is -0.810. The van der Waals surface area contributed by atoms with Crippen molar-refractivity contribution in [3.8, 4) is 0 Å². The van der Waals surface area contributed by atoms with Crippen LogP contribution in [-0.2, 0) is 4.74 Å². The summed E-state index contributed by atoms with van der Waals surface area (Å²) < 4.78 is 4.96. The Morgan fingerprint density at radius 3 is 2.69 bits per heavy atom. The second-order valence-corrected chi connectivity index (χ2v) is 4.42. The number of piperidine rings is 1. The van der Waals surface area contributed by atoms with Crippen molar-refractivity contribution < 1.29 is 14.6 Å². The Bertz CT molecular complexity index is 215. The fourth-order valence-corrected chi connectivity index (χ4v) is 1.91. The Morgan fingerprint density at radius 2 is 2.19 bits per heavy atom. The number of aliphatic hydroxyl groups excluding tert-OH is 1. The first-order chi connectivity index (χ1) is 7.67. The minimum Gasteiger partial charge on any atom is -0.396 e. The summed E-state index contributed by atoms with van der Waals surface area (Å²) in [5.74, 6) is 0.362. The average molecular weight is 230 g/mol. The summed E-state index contributed by atoms with van der Waals surface area (Å²) in [4.78, 5) is 13.6. The molecule has 2 N–H and O–H groups in total. The molecule has 1 fully saturated rings. The summed E-state index contributed by atoms with van der Waals surface area (Å²) >= 11 is 0. The number of carbonyl (C=O) groups is 1. The van der Waals surface area contributed by atoms with Crippen LogP contribution in [0.25, 0.3) is 0 Å². The van der Waals surface area contributed by atoms with Crippen LogP contribution in [0.3, 0.4) is 0 Å². The van der Waals surface area contributed by atoms with Crippen molar-refractivity contribution in [2.24, 2.45) is 5.92 Å². The van der Waals surface area contributed by atoms with Gasteiger partial charge in [0.2, 0.25) is 0 Å². The summed E-state index contributed by atoms with van der Waals surface area (Å²) in [6.07, 6.45) is 1.78. The maximum Gasteiger partial charge on any atom is 0.317 e. The fraction of sp³-hybridized carbons (Fsp3) is 0.909. The molecule has 0 aromatic carbocycles. The number of hydrogen-bond acceptors (Lipinski definition) is 3. The van der Waals surface area contributed by atoms with Gasteiger partial charge in [0.1, 0.15) is 0 Å². The molecule has 1 heterocycles. The van der Waals surface area contributed by atoms with Gasteiger partial charge in [-0.2, -0.15) is 0 Å². The van der Waals surface area contributed by atoms with Gasteiger partial charge < -0.3 is 20.1 Å². The van der Waals surface area contributed by atoms with Crippen LogP contribution in [-0.4, -0.2) is 55.5 Å². The second kappa shape index (κ2) is 6.70. The Labute approximate surface area is 96.8 Å². The second-order valence-electron chi connectivity index (χ2n) is 4.42. The van der Waals surface area contributed by atoms with Gasteiger partial charge in [0.15, 0.2) is 0 Å². The molecule has 1 rings (SSSR count). The average Bonchev–Trinajstić information content (AvgIpc) is 2.29. The lowest BCUT2D eigenvalue weighted by Crippen LogP contribution is -2.48. The molecule has 16 heavy (non-hydrogen) atoms. The van der Waals surface area contributed by atoms with Crippen LogP contribution in [0.4, 0.5) is 4.79 Å². The Kier molecular flexibility index (Phi) is 5.55. The maximum atomic E-state index is 11.8. The molecule has 0 bridgehead atoms. The largest absolute Gasteiger partial charge is 0.396 e. The molecule has 0 saturated carbocycles. The van der Waals surface area contributed by atoms with Crippen molar-refractivity contribution in [1.29, 1.82) is 0 Å². The number of aliphatic hydroxyl groups is 1. The molecule has 0 aromatic heterocycles. The first-order valence-electron chi connectivity index (χ1n) is 5.82. The molecule has 5 nitrogen and oxygen atoms in total. The van der Waals surface area contributed by atoms with Crippen LogP contribution in [0.15, 0.2) is 0 Å². The number of hydrogen-bond donors (Lipinski definition) is 2. The van der Waals surface area contributed by atoms with Crippen molar-refractivity contribution in [3.05, 3.63) is 0 Å². The van der Waals surface area contributed by atoms with Gasteiger partial charge in [-0.25, -0.2) is 4.79 Å². The maximum absolute atomic E-state index is 11.8. The Morgan fingerprint density at radius 1 is 1.56 bits per heavy atom. The van der Waals surface area contributed by atoms with Gasteiger partial charge in [-0.05, 0) is 25.7 Å². The highest BCUT2D eigenvalue weighted by atomic mass is 16.5. The van der Waals surface area contributed by atoms with Gasteiger partial charge in [0.05, 0.1) is 12.6 Å². The van der Waals surface area contributed by atoms with Crippen LogP contribution < -0.4 is 5.32 Å². The number of ether oxygens (including phenoxy) is 1. The zero-order valence-electron chi connectivity index (χ0n) is 10.1. The lowest BCUT2D eigenvalue weighted by Gasteiger charge is -2.32. The summed E-state index contributed by atoms with van der Waals surface area (Å²) in [5, 5.41) is 11.9. The van der Waals surface area contributed by atoms with Crippen LogP contribution in [0.1, 0.15) is 19.8 Å². The predicted molar refractivity (Wildman–Crippen MR) is 61.3 cm³/mol. The van der Waals surface area contributed by atoms with Crippen LogP contribution in [0, 0.1) is 5.92 Å². The molecule has 1 unspecified atom stereocenters. The highest BCUT2D eigenvalue weighted by molar-refractivity contribution is 5.74. The van der Waals surface area contributed by atoms with Crippen LogP contribution >= 0.6 is 0 Å². The van der Waals surface area contributed by atoms with E-state index < -0.39 is 0 Å². The number of carbonyl (C=O) groups excluding carboxylic acids is 1. The van der Waals surface area contributed by atoms with E-state index in [4.69, 9.17) is 9.84 Å². The molecule has 1 saturated heterocycles. The highest BCUT2D eigenvalue weighted by Gasteiger charge is 2.22. The molecule has 0 aromatic rings. The summed E-state index contributed by atoms with van der Waals surface area (Å²) in [6.45, 7) is 4.14. The zero-order valence-corrected chi connectivity index (χ0v) is 10.1. The third kappa shape index (κ3) is 3.98. The van der Waals surface area contributed by atoms with E-state index in [1.165, 1.54) is 0 Å². The fourth-order valence-electron chi connectivity index (χ4n) is 1.91. The number of nitrogens with one attached hydrogen (secondary N) is 1. The van der Waals surface area contributed by atoms with E-state index in [1.807, 2.05) is 6.92 Å². The lowest BCUT2D eigenvalue weighted by atomic mass is 9.98. The van der Waals surface area contributed by atoms with Crippen molar-refractivity contribution in [3.63, 3.8) is 0 Å². The Balaban J connectivity index is 2.27. The van der Waals surface area contributed by atoms with Crippen molar-refractivity contribution >= 4 is 6.03 Å². The molecule has 1 atom stereocenters. The minimum atomic E-state index is -0.0269. The van der Waals surface area contributed by atoms with E-state index in [9.17, 15) is 4.79 Å². The number of urea groups is 1. The van der Waals surface area contributed by atoms with Crippen LogP contribution in [0.5, 0.6) is 0 Å². The number of amides is 2. The molecule has 0 aliphatic carbocycles.